The number of hydrogen-bond acceptors (Lipinski definition) is 2. The highest BCUT2D eigenvalue weighted by molar-refractivity contribution is 5.94. The summed E-state index contributed by atoms with van der Waals surface area (Å²) in [6, 6.07) is 8.43. The summed E-state index contributed by atoms with van der Waals surface area (Å²) in [5.74, 6) is 0.633. The lowest BCUT2D eigenvalue weighted by atomic mass is 9.93. The first-order valence-electron chi connectivity index (χ1n) is 5.16. The maximum atomic E-state index is 11.7. The molecule has 1 aromatic carbocycles. The van der Waals surface area contributed by atoms with Gasteiger partial charge in [-0.15, -0.1) is 0 Å². The van der Waals surface area contributed by atoms with Crippen LogP contribution in [0.15, 0.2) is 18.2 Å². The van der Waals surface area contributed by atoms with E-state index < -0.39 is 0 Å². The monoisotopic (exact) mass is 204 g/mol. The third-order valence-corrected chi connectivity index (χ3v) is 2.71. The van der Waals surface area contributed by atoms with Crippen LogP contribution >= 0.6 is 0 Å². The molecule has 1 saturated carbocycles. The fourth-order valence-electron chi connectivity index (χ4n) is 1.50. The van der Waals surface area contributed by atoms with Crippen LogP contribution in [-0.2, 0) is 0 Å². The Morgan fingerprint density at radius 3 is 2.80 bits per heavy atom. The molecular formula is C12H14NO2. The number of nitrogens with one attached hydrogen (secondary N) is 1. The summed E-state index contributed by atoms with van der Waals surface area (Å²) in [6.07, 6.45) is 3.43. The molecule has 3 nitrogen and oxygen atoms in total. The van der Waals surface area contributed by atoms with Gasteiger partial charge in [0.2, 0.25) is 0 Å². The van der Waals surface area contributed by atoms with Crippen LogP contribution in [0.4, 0.5) is 0 Å². The van der Waals surface area contributed by atoms with Crippen LogP contribution in [0, 0.1) is 6.07 Å². The van der Waals surface area contributed by atoms with Gasteiger partial charge in [0, 0.05) is 17.7 Å². The lowest BCUT2D eigenvalue weighted by Crippen LogP contribution is -2.39. The number of benzene rings is 1. The molecule has 1 aliphatic carbocycles. The quantitative estimate of drug-likeness (QED) is 0.815. The molecule has 0 aliphatic heterocycles. The Hall–Kier alpha value is -1.51. The molecule has 0 spiro atoms. The van der Waals surface area contributed by atoms with Gasteiger partial charge in [0.15, 0.2) is 0 Å². The Labute approximate surface area is 89.4 Å². The molecule has 1 radical (unpaired) electrons. The highest BCUT2D eigenvalue weighted by atomic mass is 16.5. The average Bonchev–Trinajstić information content (AvgIpc) is 2.23. The Morgan fingerprint density at radius 1 is 1.53 bits per heavy atom. The number of rotatable bonds is 3. The van der Waals surface area contributed by atoms with Gasteiger partial charge in [-0.3, -0.25) is 4.79 Å². The molecule has 0 heterocycles. The molecule has 2 rings (SSSR count). The van der Waals surface area contributed by atoms with Crippen molar-refractivity contribution < 1.29 is 9.53 Å². The highest BCUT2D eigenvalue weighted by Crippen LogP contribution is 2.19. The van der Waals surface area contributed by atoms with E-state index in [2.05, 4.69) is 11.4 Å². The van der Waals surface area contributed by atoms with E-state index in [1.807, 2.05) is 0 Å². The molecule has 79 valence electrons. The summed E-state index contributed by atoms with van der Waals surface area (Å²) in [6.45, 7) is 0. The first-order valence-corrected chi connectivity index (χ1v) is 5.16. The molecule has 0 aromatic heterocycles. The normalized spacial score (nSPS) is 15.5. The minimum atomic E-state index is -0.0152. The van der Waals surface area contributed by atoms with E-state index in [0.717, 1.165) is 12.8 Å². The van der Waals surface area contributed by atoms with Gasteiger partial charge in [0.25, 0.3) is 5.91 Å². The van der Waals surface area contributed by atoms with Crippen molar-refractivity contribution in [2.75, 3.05) is 7.11 Å². The summed E-state index contributed by atoms with van der Waals surface area (Å²) < 4.78 is 4.98. The lowest BCUT2D eigenvalue weighted by Gasteiger charge is -2.26. The van der Waals surface area contributed by atoms with E-state index >= 15 is 0 Å². The van der Waals surface area contributed by atoms with Gasteiger partial charge >= 0.3 is 0 Å². The van der Waals surface area contributed by atoms with Gasteiger partial charge in [-0.05, 0) is 37.5 Å². The van der Waals surface area contributed by atoms with E-state index in [4.69, 9.17) is 4.74 Å². The predicted octanol–water partition coefficient (Wildman–Crippen LogP) is 1.78. The van der Waals surface area contributed by atoms with Crippen molar-refractivity contribution in [3.63, 3.8) is 0 Å². The Kier molecular flexibility index (Phi) is 2.90. The van der Waals surface area contributed by atoms with Crippen LogP contribution in [-0.4, -0.2) is 19.1 Å². The van der Waals surface area contributed by atoms with Gasteiger partial charge in [-0.2, -0.15) is 0 Å². The molecular weight excluding hydrogens is 190 g/mol. The van der Waals surface area contributed by atoms with Gasteiger partial charge in [-0.25, -0.2) is 0 Å². The Bertz CT molecular complexity index is 341. The maximum absolute atomic E-state index is 11.7. The van der Waals surface area contributed by atoms with Crippen LogP contribution in [0.1, 0.15) is 29.6 Å². The molecule has 0 saturated heterocycles. The maximum Gasteiger partial charge on any atom is 0.251 e. The molecule has 1 amide bonds. The molecule has 0 atom stereocenters. The Morgan fingerprint density at radius 2 is 2.33 bits per heavy atom. The van der Waals surface area contributed by atoms with Crippen molar-refractivity contribution in [3.8, 4) is 5.75 Å². The number of carbonyl (C=O) groups is 1. The third-order valence-electron chi connectivity index (χ3n) is 2.71. The second kappa shape index (κ2) is 4.34. The van der Waals surface area contributed by atoms with Crippen LogP contribution < -0.4 is 10.1 Å². The van der Waals surface area contributed by atoms with E-state index in [9.17, 15) is 4.79 Å². The number of ether oxygens (including phenoxy) is 1. The fraction of sp³-hybridized carbons (Fsp3) is 0.417. The lowest BCUT2D eigenvalue weighted by molar-refractivity contribution is 0.0917. The first kappa shape index (κ1) is 10.0. The predicted molar refractivity (Wildman–Crippen MR) is 56.9 cm³/mol. The summed E-state index contributed by atoms with van der Waals surface area (Å²) >= 11 is 0. The molecule has 0 bridgehead atoms. The van der Waals surface area contributed by atoms with Gasteiger partial charge in [0.1, 0.15) is 5.75 Å². The van der Waals surface area contributed by atoms with Crippen LogP contribution in [0.3, 0.4) is 0 Å². The molecule has 1 aromatic rings. The second-order valence-corrected chi connectivity index (χ2v) is 3.75. The van der Waals surface area contributed by atoms with Crippen molar-refractivity contribution in [1.82, 2.24) is 5.32 Å². The minimum absolute atomic E-state index is 0.0152. The van der Waals surface area contributed by atoms with E-state index in [0.29, 0.717) is 17.4 Å². The van der Waals surface area contributed by atoms with Crippen LogP contribution in [0.2, 0.25) is 0 Å². The zero-order valence-electron chi connectivity index (χ0n) is 8.75. The molecule has 1 fully saturated rings. The third kappa shape index (κ3) is 2.29. The first-order chi connectivity index (χ1) is 7.29. The van der Waals surface area contributed by atoms with Crippen LogP contribution in [0.25, 0.3) is 0 Å². The molecule has 1 N–H and O–H groups in total. The van der Waals surface area contributed by atoms with Crippen molar-refractivity contribution in [2.45, 2.75) is 25.3 Å². The number of hydrogen-bond donors (Lipinski definition) is 1. The summed E-state index contributed by atoms with van der Waals surface area (Å²) in [7, 11) is 1.58. The number of methoxy groups -OCH3 is 1. The smallest absolute Gasteiger partial charge is 0.251 e. The van der Waals surface area contributed by atoms with Crippen molar-refractivity contribution >= 4 is 5.91 Å². The molecule has 0 unspecified atom stereocenters. The zero-order chi connectivity index (χ0) is 10.7. The second-order valence-electron chi connectivity index (χ2n) is 3.75. The molecule has 3 heteroatoms. The SMILES string of the molecule is COc1[c]cc(C(=O)NC2CCC2)cc1. The fourth-order valence-corrected chi connectivity index (χ4v) is 1.50. The summed E-state index contributed by atoms with van der Waals surface area (Å²) in [5.41, 5.74) is 0.641. The van der Waals surface area contributed by atoms with Gasteiger partial charge in [0.05, 0.1) is 7.11 Å². The average molecular weight is 204 g/mol. The minimum Gasteiger partial charge on any atom is -0.496 e. The Balaban J connectivity index is 1.98. The van der Waals surface area contributed by atoms with Gasteiger partial charge < -0.3 is 10.1 Å². The highest BCUT2D eigenvalue weighted by Gasteiger charge is 2.19. The molecule has 15 heavy (non-hydrogen) atoms. The molecule has 1 aliphatic rings. The largest absolute Gasteiger partial charge is 0.496 e. The standard InChI is InChI=1S/C12H14NO2/c1-15-11-7-5-9(6-8-11)12(14)13-10-3-2-4-10/h5-7,10H,2-4H2,1H3,(H,13,14). The summed E-state index contributed by atoms with van der Waals surface area (Å²) in [5, 5.41) is 2.97. The zero-order valence-corrected chi connectivity index (χ0v) is 8.75. The van der Waals surface area contributed by atoms with E-state index in [-0.39, 0.29) is 5.91 Å². The van der Waals surface area contributed by atoms with E-state index in [1.165, 1.54) is 6.42 Å². The summed E-state index contributed by atoms with van der Waals surface area (Å²) in [4.78, 5) is 11.7. The topological polar surface area (TPSA) is 38.3 Å². The number of amides is 1. The van der Waals surface area contributed by atoms with Crippen molar-refractivity contribution in [3.05, 3.63) is 29.8 Å². The van der Waals surface area contributed by atoms with E-state index in [1.54, 1.807) is 25.3 Å². The van der Waals surface area contributed by atoms with Gasteiger partial charge in [-0.1, -0.05) is 0 Å². The van der Waals surface area contributed by atoms with Crippen LogP contribution in [0.5, 0.6) is 5.75 Å². The van der Waals surface area contributed by atoms with Crippen molar-refractivity contribution in [1.29, 1.82) is 0 Å². The number of carbonyl (C=O) groups excluding carboxylic acids is 1. The van der Waals surface area contributed by atoms with Crippen molar-refractivity contribution in [2.24, 2.45) is 0 Å².